The molecule has 0 saturated heterocycles. The van der Waals surface area contributed by atoms with E-state index in [-0.39, 0.29) is 17.1 Å². The van der Waals surface area contributed by atoms with Crippen molar-refractivity contribution in [2.45, 2.75) is 40.2 Å². The monoisotopic (exact) mass is 497 g/mol. The fourth-order valence-corrected chi connectivity index (χ4v) is 4.74. The lowest BCUT2D eigenvalue weighted by Gasteiger charge is -2.25. The Kier molecular flexibility index (Phi) is 6.50. The standard InChI is InChI=1S/C31H31NO5/c1-18(2)13-14-36-24-8-6-7-21(17-24)28-27-29(33)25-15-19(3)20(4)16-26(25)37-30(27)31(34)32(28)22-9-11-23(35-5)12-10-22/h6-12,15-18,28H,13-14H2,1-5H3. The molecule has 0 fully saturated rings. The second-order valence-electron chi connectivity index (χ2n) is 9.99. The van der Waals surface area contributed by atoms with Crippen LogP contribution < -0.4 is 19.8 Å². The number of amides is 1. The van der Waals surface area contributed by atoms with E-state index in [4.69, 9.17) is 13.9 Å². The summed E-state index contributed by atoms with van der Waals surface area (Å²) in [7, 11) is 1.59. The number of fused-ring (bicyclic) bond motifs is 2. The molecule has 6 nitrogen and oxygen atoms in total. The van der Waals surface area contributed by atoms with E-state index >= 15 is 0 Å². The molecule has 1 atom stereocenters. The van der Waals surface area contributed by atoms with E-state index in [0.29, 0.717) is 46.2 Å². The van der Waals surface area contributed by atoms with E-state index < -0.39 is 6.04 Å². The van der Waals surface area contributed by atoms with Crippen LogP contribution in [0.15, 0.2) is 69.9 Å². The van der Waals surface area contributed by atoms with E-state index in [1.54, 1.807) is 24.1 Å². The Labute approximate surface area is 216 Å². The number of rotatable bonds is 7. The molecule has 0 saturated carbocycles. The Hall–Kier alpha value is -4.06. The summed E-state index contributed by atoms with van der Waals surface area (Å²) in [6.45, 7) is 8.82. The largest absolute Gasteiger partial charge is 0.497 e. The molecule has 37 heavy (non-hydrogen) atoms. The van der Waals surface area contributed by atoms with Gasteiger partial charge in [0.25, 0.3) is 5.91 Å². The van der Waals surface area contributed by atoms with Gasteiger partial charge in [-0.3, -0.25) is 14.5 Å². The normalized spacial score (nSPS) is 14.9. The molecule has 2 heterocycles. The number of nitrogens with zero attached hydrogens (tertiary/aromatic N) is 1. The molecule has 3 aromatic carbocycles. The molecular weight excluding hydrogens is 466 g/mol. The Balaban J connectivity index is 1.69. The summed E-state index contributed by atoms with van der Waals surface area (Å²) >= 11 is 0. The Morgan fingerprint density at radius 2 is 1.68 bits per heavy atom. The molecule has 6 heteroatoms. The summed E-state index contributed by atoms with van der Waals surface area (Å²) in [6.07, 6.45) is 0.932. The van der Waals surface area contributed by atoms with Gasteiger partial charge in [0.05, 0.1) is 30.7 Å². The van der Waals surface area contributed by atoms with E-state index in [1.807, 2.05) is 62.4 Å². The molecule has 0 spiro atoms. The van der Waals surface area contributed by atoms with Gasteiger partial charge in [0.15, 0.2) is 5.43 Å². The summed E-state index contributed by atoms with van der Waals surface area (Å²) in [4.78, 5) is 29.4. The molecule has 4 aromatic rings. The Morgan fingerprint density at radius 3 is 2.38 bits per heavy atom. The second-order valence-corrected chi connectivity index (χ2v) is 9.99. The van der Waals surface area contributed by atoms with Gasteiger partial charge in [-0.15, -0.1) is 0 Å². The lowest BCUT2D eigenvalue weighted by molar-refractivity contribution is 0.0971. The molecule has 5 rings (SSSR count). The number of hydrogen-bond donors (Lipinski definition) is 0. The summed E-state index contributed by atoms with van der Waals surface area (Å²) in [5.41, 5.74) is 3.98. The van der Waals surface area contributed by atoms with Gasteiger partial charge in [-0.2, -0.15) is 0 Å². The van der Waals surface area contributed by atoms with Gasteiger partial charge in [0, 0.05) is 5.69 Å². The molecule has 190 valence electrons. The fraction of sp³-hybridized carbons (Fsp3) is 0.290. The van der Waals surface area contributed by atoms with Gasteiger partial charge < -0.3 is 13.9 Å². The highest BCUT2D eigenvalue weighted by Crippen LogP contribution is 2.42. The minimum atomic E-state index is -0.660. The van der Waals surface area contributed by atoms with Gasteiger partial charge in [0.2, 0.25) is 5.76 Å². The van der Waals surface area contributed by atoms with E-state index in [1.165, 1.54) is 0 Å². The SMILES string of the molecule is COc1ccc(N2C(=O)c3oc4cc(C)c(C)cc4c(=O)c3C2c2cccc(OCCC(C)C)c2)cc1. The van der Waals surface area contributed by atoms with Crippen molar-refractivity contribution in [3.05, 3.63) is 98.9 Å². The van der Waals surface area contributed by atoms with Crippen molar-refractivity contribution in [2.75, 3.05) is 18.6 Å². The van der Waals surface area contributed by atoms with Crippen molar-refractivity contribution in [3.63, 3.8) is 0 Å². The van der Waals surface area contributed by atoms with Crippen molar-refractivity contribution in [2.24, 2.45) is 5.92 Å². The lowest BCUT2D eigenvalue weighted by atomic mass is 9.97. The van der Waals surface area contributed by atoms with Gasteiger partial charge >= 0.3 is 0 Å². The molecule has 1 aromatic heterocycles. The number of anilines is 1. The maximum Gasteiger partial charge on any atom is 0.295 e. The van der Waals surface area contributed by atoms with E-state index in [0.717, 1.165) is 23.1 Å². The van der Waals surface area contributed by atoms with Crippen molar-refractivity contribution in [3.8, 4) is 11.5 Å². The molecule has 0 N–H and O–H groups in total. The summed E-state index contributed by atoms with van der Waals surface area (Å²) in [6, 6.07) is 17.9. The molecule has 0 aliphatic carbocycles. The van der Waals surface area contributed by atoms with Crippen LogP contribution in [0.25, 0.3) is 11.0 Å². The van der Waals surface area contributed by atoms with Crippen LogP contribution in [0.2, 0.25) is 0 Å². The van der Waals surface area contributed by atoms with Crippen LogP contribution in [0, 0.1) is 19.8 Å². The molecule has 1 aliphatic rings. The first-order valence-electron chi connectivity index (χ1n) is 12.6. The first-order chi connectivity index (χ1) is 17.8. The third-order valence-corrected chi connectivity index (χ3v) is 6.97. The minimum absolute atomic E-state index is 0.0766. The number of ether oxygens (including phenoxy) is 2. The number of benzene rings is 3. The topological polar surface area (TPSA) is 69.0 Å². The minimum Gasteiger partial charge on any atom is -0.497 e. The highest BCUT2D eigenvalue weighted by Gasteiger charge is 2.43. The smallest absolute Gasteiger partial charge is 0.295 e. The zero-order valence-electron chi connectivity index (χ0n) is 21.8. The van der Waals surface area contributed by atoms with Gasteiger partial charge in [0.1, 0.15) is 17.1 Å². The van der Waals surface area contributed by atoms with Crippen LogP contribution in [0.1, 0.15) is 59.1 Å². The quantitative estimate of drug-likeness (QED) is 0.288. The first kappa shape index (κ1) is 24.6. The van der Waals surface area contributed by atoms with E-state index in [2.05, 4.69) is 13.8 Å². The Morgan fingerprint density at radius 1 is 0.946 bits per heavy atom. The van der Waals surface area contributed by atoms with Crippen LogP contribution in [0.4, 0.5) is 5.69 Å². The Bertz CT molecular complexity index is 1530. The highest BCUT2D eigenvalue weighted by atomic mass is 16.5. The third-order valence-electron chi connectivity index (χ3n) is 6.97. The maximum absolute atomic E-state index is 13.9. The highest BCUT2D eigenvalue weighted by molar-refractivity contribution is 6.10. The van der Waals surface area contributed by atoms with Crippen molar-refractivity contribution in [1.82, 2.24) is 0 Å². The van der Waals surface area contributed by atoms with Crippen LogP contribution in [0.3, 0.4) is 0 Å². The van der Waals surface area contributed by atoms with Crippen molar-refractivity contribution >= 4 is 22.6 Å². The van der Waals surface area contributed by atoms with E-state index in [9.17, 15) is 9.59 Å². The first-order valence-corrected chi connectivity index (χ1v) is 12.6. The number of carbonyl (C=O) groups is 1. The fourth-order valence-electron chi connectivity index (χ4n) is 4.74. The number of hydrogen-bond acceptors (Lipinski definition) is 5. The van der Waals surface area contributed by atoms with Crippen LogP contribution >= 0.6 is 0 Å². The van der Waals surface area contributed by atoms with Crippen LogP contribution in [-0.4, -0.2) is 19.6 Å². The third kappa shape index (κ3) is 4.48. The van der Waals surface area contributed by atoms with Crippen LogP contribution in [-0.2, 0) is 0 Å². The van der Waals surface area contributed by atoms with Crippen molar-refractivity contribution in [1.29, 1.82) is 0 Å². The zero-order chi connectivity index (χ0) is 26.3. The second kappa shape index (κ2) is 9.77. The van der Waals surface area contributed by atoms with Gasteiger partial charge in [-0.1, -0.05) is 26.0 Å². The average Bonchev–Trinajstić information content (AvgIpc) is 3.18. The molecule has 1 unspecified atom stereocenters. The van der Waals surface area contributed by atoms with Gasteiger partial charge in [-0.05, 0) is 91.4 Å². The molecular formula is C31H31NO5. The summed E-state index contributed by atoms with van der Waals surface area (Å²) < 4.78 is 17.5. The number of methoxy groups -OCH3 is 1. The van der Waals surface area contributed by atoms with Gasteiger partial charge in [-0.25, -0.2) is 0 Å². The summed E-state index contributed by atoms with van der Waals surface area (Å²) in [5, 5.41) is 0.473. The predicted octanol–water partition coefficient (Wildman–Crippen LogP) is 6.59. The molecule has 1 aliphatic heterocycles. The van der Waals surface area contributed by atoms with Crippen LogP contribution in [0.5, 0.6) is 11.5 Å². The summed E-state index contributed by atoms with van der Waals surface area (Å²) in [5.74, 6) is 1.63. The average molecular weight is 498 g/mol. The molecule has 1 amide bonds. The van der Waals surface area contributed by atoms with Crippen molar-refractivity contribution < 1.29 is 18.7 Å². The predicted molar refractivity (Wildman–Crippen MR) is 145 cm³/mol. The maximum atomic E-state index is 13.9. The number of aryl methyl sites for hydroxylation is 2. The zero-order valence-corrected chi connectivity index (χ0v) is 21.8. The molecule has 0 bridgehead atoms. The molecule has 0 radical (unpaired) electrons. The lowest BCUT2D eigenvalue weighted by Crippen LogP contribution is -2.29. The number of carbonyl (C=O) groups excluding carboxylic acids is 1.